The number of amides is 1. The largest absolute Gasteiger partial charge is 0.392 e. The van der Waals surface area contributed by atoms with Gasteiger partial charge in [0.1, 0.15) is 5.69 Å². The van der Waals surface area contributed by atoms with Gasteiger partial charge in [-0.1, -0.05) is 20.3 Å². The third-order valence-corrected chi connectivity index (χ3v) is 3.35. The fourth-order valence-corrected chi connectivity index (χ4v) is 1.74. The van der Waals surface area contributed by atoms with Crippen molar-refractivity contribution in [1.82, 2.24) is 15.2 Å². The first kappa shape index (κ1) is 15.7. The number of aromatic nitrogens is 1. The fourth-order valence-electron chi connectivity index (χ4n) is 1.74. The quantitative estimate of drug-likeness (QED) is 0.695. The van der Waals surface area contributed by atoms with E-state index in [1.165, 1.54) is 4.90 Å². The van der Waals surface area contributed by atoms with Crippen molar-refractivity contribution in [1.29, 1.82) is 0 Å². The Morgan fingerprint density at radius 2 is 2.16 bits per heavy atom. The number of carbonyl (C=O) groups excluding carboxylic acids is 1. The minimum absolute atomic E-state index is 0.0362. The highest BCUT2D eigenvalue weighted by molar-refractivity contribution is 5.92. The molecule has 1 aromatic rings. The summed E-state index contributed by atoms with van der Waals surface area (Å²) in [4.78, 5) is 16.3. The molecule has 0 aliphatic heterocycles. The summed E-state index contributed by atoms with van der Waals surface area (Å²) in [7, 11) is 3.45. The van der Waals surface area contributed by atoms with Gasteiger partial charge in [0.2, 0.25) is 0 Å². The first-order valence-electron chi connectivity index (χ1n) is 6.74. The molecule has 1 amide bonds. The van der Waals surface area contributed by atoms with E-state index in [0.717, 1.165) is 12.1 Å². The highest BCUT2D eigenvalue weighted by Gasteiger charge is 2.12. The summed E-state index contributed by atoms with van der Waals surface area (Å²) < 4.78 is 0. The average Bonchev–Trinajstić information content (AvgIpc) is 2.85. The van der Waals surface area contributed by atoms with E-state index in [9.17, 15) is 9.90 Å². The number of nitrogens with one attached hydrogen (secondary N) is 2. The van der Waals surface area contributed by atoms with Gasteiger partial charge in [-0.2, -0.15) is 0 Å². The number of nitrogens with zero attached hydrogens (tertiary/aromatic N) is 1. The van der Waals surface area contributed by atoms with Gasteiger partial charge in [-0.25, -0.2) is 0 Å². The van der Waals surface area contributed by atoms with Crippen molar-refractivity contribution in [3.63, 3.8) is 0 Å². The van der Waals surface area contributed by atoms with Crippen molar-refractivity contribution in [2.45, 2.75) is 32.9 Å². The van der Waals surface area contributed by atoms with E-state index in [1.54, 1.807) is 20.2 Å². The standard InChI is InChI=1S/C14H25N3O2/c1-5-10(2)13(18)9-15-8-11-6-7-12(16-11)14(19)17(3)4/h6-7,10,13,15-16,18H,5,8-9H2,1-4H3. The molecule has 3 N–H and O–H groups in total. The van der Waals surface area contributed by atoms with Gasteiger partial charge >= 0.3 is 0 Å². The molecule has 0 aliphatic carbocycles. The van der Waals surface area contributed by atoms with E-state index in [-0.39, 0.29) is 12.0 Å². The molecule has 5 heteroatoms. The number of hydrogen-bond acceptors (Lipinski definition) is 3. The summed E-state index contributed by atoms with van der Waals surface area (Å²) in [6.45, 7) is 5.28. The molecule has 5 nitrogen and oxygen atoms in total. The predicted octanol–water partition coefficient (Wildman–Crippen LogP) is 1.21. The summed E-state index contributed by atoms with van der Waals surface area (Å²) in [5, 5.41) is 13.0. The van der Waals surface area contributed by atoms with Crippen LogP contribution in [0.3, 0.4) is 0 Å². The summed E-state index contributed by atoms with van der Waals surface area (Å²) in [5.41, 5.74) is 1.53. The van der Waals surface area contributed by atoms with Gasteiger partial charge in [0.05, 0.1) is 6.10 Å². The molecule has 1 rings (SSSR count). The fraction of sp³-hybridized carbons (Fsp3) is 0.643. The maximum atomic E-state index is 11.7. The van der Waals surface area contributed by atoms with Crippen molar-refractivity contribution in [3.8, 4) is 0 Å². The van der Waals surface area contributed by atoms with E-state index in [2.05, 4.69) is 17.2 Å². The minimum atomic E-state index is -0.331. The maximum Gasteiger partial charge on any atom is 0.269 e. The Morgan fingerprint density at radius 3 is 2.74 bits per heavy atom. The van der Waals surface area contributed by atoms with Gasteiger partial charge in [-0.05, 0) is 18.1 Å². The van der Waals surface area contributed by atoms with Gasteiger partial charge in [-0.15, -0.1) is 0 Å². The minimum Gasteiger partial charge on any atom is -0.392 e. The van der Waals surface area contributed by atoms with E-state index in [4.69, 9.17) is 0 Å². The highest BCUT2D eigenvalue weighted by Crippen LogP contribution is 2.07. The molecule has 2 atom stereocenters. The van der Waals surface area contributed by atoms with Crippen molar-refractivity contribution < 1.29 is 9.90 Å². The number of H-pyrrole nitrogens is 1. The Labute approximate surface area is 115 Å². The Morgan fingerprint density at radius 1 is 1.47 bits per heavy atom. The van der Waals surface area contributed by atoms with E-state index in [0.29, 0.717) is 24.7 Å². The van der Waals surface area contributed by atoms with Crippen LogP contribution in [0.25, 0.3) is 0 Å². The SMILES string of the molecule is CCC(C)C(O)CNCc1ccc(C(=O)N(C)C)[nH]1. The van der Waals surface area contributed by atoms with Crippen molar-refractivity contribution in [2.24, 2.45) is 5.92 Å². The number of rotatable bonds is 7. The molecule has 2 unspecified atom stereocenters. The second-order valence-electron chi connectivity index (χ2n) is 5.18. The van der Waals surface area contributed by atoms with Crippen LogP contribution < -0.4 is 5.32 Å². The third kappa shape index (κ3) is 4.69. The van der Waals surface area contributed by atoms with Gasteiger partial charge in [0.15, 0.2) is 0 Å². The molecule has 0 saturated carbocycles. The van der Waals surface area contributed by atoms with Crippen LogP contribution in [0.4, 0.5) is 0 Å². The van der Waals surface area contributed by atoms with Gasteiger partial charge in [0.25, 0.3) is 5.91 Å². The van der Waals surface area contributed by atoms with Crippen molar-refractivity contribution >= 4 is 5.91 Å². The van der Waals surface area contributed by atoms with Crippen LogP contribution in [0.5, 0.6) is 0 Å². The first-order chi connectivity index (χ1) is 8.95. The zero-order chi connectivity index (χ0) is 14.4. The van der Waals surface area contributed by atoms with Crippen LogP contribution in [0.15, 0.2) is 12.1 Å². The Hall–Kier alpha value is -1.33. The van der Waals surface area contributed by atoms with Crippen LogP contribution in [0, 0.1) is 5.92 Å². The second-order valence-corrected chi connectivity index (χ2v) is 5.18. The molecular weight excluding hydrogens is 242 g/mol. The molecular formula is C14H25N3O2. The summed E-state index contributed by atoms with van der Waals surface area (Å²) in [6.07, 6.45) is 0.634. The Bertz CT molecular complexity index is 401. The molecule has 108 valence electrons. The number of carbonyl (C=O) groups is 1. The third-order valence-electron chi connectivity index (χ3n) is 3.35. The zero-order valence-corrected chi connectivity index (χ0v) is 12.2. The maximum absolute atomic E-state index is 11.7. The normalized spacial score (nSPS) is 14.2. The number of aliphatic hydroxyl groups is 1. The van der Waals surface area contributed by atoms with E-state index in [1.807, 2.05) is 13.0 Å². The monoisotopic (exact) mass is 267 g/mol. The molecule has 0 aromatic carbocycles. The van der Waals surface area contributed by atoms with Crippen LogP contribution in [0.2, 0.25) is 0 Å². The second kappa shape index (κ2) is 7.31. The van der Waals surface area contributed by atoms with Crippen LogP contribution >= 0.6 is 0 Å². The summed E-state index contributed by atoms with van der Waals surface area (Å²) in [6, 6.07) is 3.67. The first-order valence-corrected chi connectivity index (χ1v) is 6.74. The lowest BCUT2D eigenvalue weighted by Crippen LogP contribution is -2.31. The number of aliphatic hydroxyl groups excluding tert-OH is 1. The highest BCUT2D eigenvalue weighted by atomic mass is 16.3. The summed E-state index contributed by atoms with van der Waals surface area (Å²) in [5.74, 6) is 0.257. The van der Waals surface area contributed by atoms with Crippen LogP contribution in [-0.2, 0) is 6.54 Å². The average molecular weight is 267 g/mol. The van der Waals surface area contributed by atoms with Crippen molar-refractivity contribution in [3.05, 3.63) is 23.5 Å². The molecule has 0 radical (unpaired) electrons. The van der Waals surface area contributed by atoms with E-state index >= 15 is 0 Å². The molecule has 0 aliphatic rings. The number of hydrogen-bond donors (Lipinski definition) is 3. The molecule has 0 saturated heterocycles. The zero-order valence-electron chi connectivity index (χ0n) is 12.2. The van der Waals surface area contributed by atoms with Gasteiger partial charge < -0.3 is 20.3 Å². The Kier molecular flexibility index (Phi) is 6.05. The molecule has 1 aromatic heterocycles. The van der Waals surface area contributed by atoms with E-state index < -0.39 is 0 Å². The lowest BCUT2D eigenvalue weighted by Gasteiger charge is -2.17. The van der Waals surface area contributed by atoms with Gasteiger partial charge in [0, 0.05) is 32.9 Å². The van der Waals surface area contributed by atoms with Crippen LogP contribution in [0.1, 0.15) is 36.5 Å². The number of aromatic amines is 1. The predicted molar refractivity (Wildman–Crippen MR) is 76.0 cm³/mol. The summed E-state index contributed by atoms with van der Waals surface area (Å²) >= 11 is 0. The molecule has 1 heterocycles. The van der Waals surface area contributed by atoms with Crippen LogP contribution in [-0.4, -0.2) is 47.6 Å². The Balaban J connectivity index is 2.41. The van der Waals surface area contributed by atoms with Gasteiger partial charge in [-0.3, -0.25) is 4.79 Å². The molecule has 0 fully saturated rings. The molecule has 0 spiro atoms. The topological polar surface area (TPSA) is 68.4 Å². The van der Waals surface area contributed by atoms with Crippen molar-refractivity contribution in [2.75, 3.05) is 20.6 Å². The lowest BCUT2D eigenvalue weighted by atomic mass is 10.0. The lowest BCUT2D eigenvalue weighted by molar-refractivity contribution is 0.0822. The smallest absolute Gasteiger partial charge is 0.269 e. The molecule has 19 heavy (non-hydrogen) atoms. The molecule has 0 bridgehead atoms.